The maximum Gasteiger partial charge on any atom is 0.255 e. The number of nitrogens with one attached hydrogen (secondary N) is 1. The number of ether oxygens (including phenoxy) is 2. The van der Waals surface area contributed by atoms with Gasteiger partial charge in [-0.15, -0.1) is 0 Å². The van der Waals surface area contributed by atoms with Crippen LogP contribution in [0.1, 0.15) is 54.8 Å². The van der Waals surface area contributed by atoms with Crippen molar-refractivity contribution in [3.05, 3.63) is 41.2 Å². The lowest BCUT2D eigenvalue weighted by molar-refractivity contribution is 0.0617. The van der Waals surface area contributed by atoms with E-state index >= 15 is 0 Å². The molecule has 0 bridgehead atoms. The minimum absolute atomic E-state index is 0.110. The molecule has 0 saturated carbocycles. The van der Waals surface area contributed by atoms with E-state index in [1.165, 1.54) is 0 Å². The first-order valence-electron chi connectivity index (χ1n) is 8.55. The monoisotopic (exact) mass is 343 g/mol. The van der Waals surface area contributed by atoms with Crippen LogP contribution >= 0.6 is 0 Å². The lowest BCUT2D eigenvalue weighted by Crippen LogP contribution is -2.41. The molecule has 1 aliphatic rings. The van der Waals surface area contributed by atoms with Gasteiger partial charge in [0.1, 0.15) is 17.1 Å². The summed E-state index contributed by atoms with van der Waals surface area (Å²) in [5.74, 6) is 1.38. The summed E-state index contributed by atoms with van der Waals surface area (Å²) in [6.45, 7) is 8.71. The molecule has 0 spiro atoms. The number of amides is 1. The van der Waals surface area contributed by atoms with E-state index in [0.29, 0.717) is 12.0 Å². The molecule has 1 atom stereocenters. The highest BCUT2D eigenvalue weighted by atomic mass is 16.5. The summed E-state index contributed by atoms with van der Waals surface area (Å²) < 4.78 is 13.2. The summed E-state index contributed by atoms with van der Waals surface area (Å²) in [4.78, 5) is 12.8. The SMILES string of the molecule is CCn1ncc(C(=O)N[C@@H]2CC(C)(C)Oc3cc(OC)ccc32)c1C. The van der Waals surface area contributed by atoms with E-state index in [2.05, 4.69) is 10.4 Å². The van der Waals surface area contributed by atoms with Crippen molar-refractivity contribution in [3.63, 3.8) is 0 Å². The fourth-order valence-electron chi connectivity index (χ4n) is 3.31. The number of methoxy groups -OCH3 is 1. The van der Waals surface area contributed by atoms with Crippen LogP contribution in [0.2, 0.25) is 0 Å². The summed E-state index contributed by atoms with van der Waals surface area (Å²) in [5.41, 5.74) is 2.08. The van der Waals surface area contributed by atoms with Crippen molar-refractivity contribution < 1.29 is 14.3 Å². The number of carbonyl (C=O) groups is 1. The summed E-state index contributed by atoms with van der Waals surface area (Å²) in [7, 11) is 1.63. The second kappa shape index (κ2) is 6.43. The molecule has 25 heavy (non-hydrogen) atoms. The fourth-order valence-corrected chi connectivity index (χ4v) is 3.31. The second-order valence-electron chi connectivity index (χ2n) is 6.96. The Balaban J connectivity index is 1.89. The van der Waals surface area contributed by atoms with Gasteiger partial charge in [-0.2, -0.15) is 5.10 Å². The Morgan fingerprint density at radius 2 is 2.24 bits per heavy atom. The summed E-state index contributed by atoms with van der Waals surface area (Å²) in [5, 5.41) is 7.41. The van der Waals surface area contributed by atoms with Crippen LogP contribution < -0.4 is 14.8 Å². The van der Waals surface area contributed by atoms with Gasteiger partial charge in [0.2, 0.25) is 0 Å². The van der Waals surface area contributed by atoms with E-state index in [-0.39, 0.29) is 17.6 Å². The summed E-state index contributed by atoms with van der Waals surface area (Å²) in [6.07, 6.45) is 2.33. The largest absolute Gasteiger partial charge is 0.497 e. The maximum absolute atomic E-state index is 12.8. The van der Waals surface area contributed by atoms with Crippen molar-refractivity contribution >= 4 is 5.91 Å². The highest BCUT2D eigenvalue weighted by molar-refractivity contribution is 5.95. The van der Waals surface area contributed by atoms with Crippen LogP contribution in [0.4, 0.5) is 0 Å². The second-order valence-corrected chi connectivity index (χ2v) is 6.96. The number of aryl methyl sites for hydroxylation is 1. The number of hydrogen-bond acceptors (Lipinski definition) is 4. The van der Waals surface area contributed by atoms with Crippen molar-refractivity contribution in [2.45, 2.75) is 52.3 Å². The predicted molar refractivity (Wildman–Crippen MR) is 95.2 cm³/mol. The zero-order chi connectivity index (χ0) is 18.2. The average Bonchev–Trinajstić information content (AvgIpc) is 2.93. The normalized spacial score (nSPS) is 18.2. The van der Waals surface area contributed by atoms with E-state index in [0.717, 1.165) is 29.3 Å². The Bertz CT molecular complexity index is 795. The summed E-state index contributed by atoms with van der Waals surface area (Å²) in [6, 6.07) is 5.59. The smallest absolute Gasteiger partial charge is 0.255 e. The van der Waals surface area contributed by atoms with Crippen LogP contribution in [0.25, 0.3) is 0 Å². The molecule has 6 nitrogen and oxygen atoms in total. The first-order valence-corrected chi connectivity index (χ1v) is 8.55. The molecule has 1 aromatic carbocycles. The number of carbonyl (C=O) groups excluding carboxylic acids is 1. The Kier molecular flexibility index (Phi) is 4.45. The number of benzene rings is 1. The maximum atomic E-state index is 12.8. The van der Waals surface area contributed by atoms with Gasteiger partial charge < -0.3 is 14.8 Å². The lowest BCUT2D eigenvalue weighted by Gasteiger charge is -2.38. The van der Waals surface area contributed by atoms with Crippen LogP contribution in [0.3, 0.4) is 0 Å². The molecule has 0 saturated heterocycles. The van der Waals surface area contributed by atoms with Gasteiger partial charge in [0.15, 0.2) is 0 Å². The molecule has 6 heteroatoms. The van der Waals surface area contributed by atoms with Gasteiger partial charge in [-0.05, 0) is 39.8 Å². The van der Waals surface area contributed by atoms with E-state index < -0.39 is 0 Å². The Hall–Kier alpha value is -2.50. The highest BCUT2D eigenvalue weighted by Gasteiger charge is 2.35. The number of aromatic nitrogens is 2. The predicted octanol–water partition coefficient (Wildman–Crippen LogP) is 3.25. The van der Waals surface area contributed by atoms with Crippen molar-refractivity contribution in [1.82, 2.24) is 15.1 Å². The molecule has 2 aromatic rings. The van der Waals surface area contributed by atoms with Crippen LogP contribution in [0.15, 0.2) is 24.4 Å². The van der Waals surface area contributed by atoms with E-state index in [1.54, 1.807) is 13.3 Å². The molecule has 134 valence electrons. The standard InChI is InChI=1S/C19H25N3O3/c1-6-22-12(2)15(11-20-22)18(23)21-16-10-19(3,4)25-17-9-13(24-5)7-8-14(16)17/h7-9,11,16H,6,10H2,1-5H3,(H,21,23)/t16-/m1/s1. The zero-order valence-corrected chi connectivity index (χ0v) is 15.4. The number of rotatable bonds is 4. The van der Waals surface area contributed by atoms with E-state index in [4.69, 9.17) is 9.47 Å². The molecule has 0 aliphatic carbocycles. The van der Waals surface area contributed by atoms with Gasteiger partial charge in [-0.3, -0.25) is 9.48 Å². The van der Waals surface area contributed by atoms with E-state index in [9.17, 15) is 4.79 Å². The molecular weight excluding hydrogens is 318 g/mol. The molecule has 0 fully saturated rings. The average molecular weight is 343 g/mol. The first-order chi connectivity index (χ1) is 11.8. The van der Waals surface area contributed by atoms with Crippen LogP contribution in [0.5, 0.6) is 11.5 Å². The minimum atomic E-state index is -0.375. The van der Waals surface area contributed by atoms with Gasteiger partial charge in [0, 0.05) is 30.3 Å². The van der Waals surface area contributed by atoms with Gasteiger partial charge in [0.05, 0.1) is 24.9 Å². The third-order valence-corrected chi connectivity index (χ3v) is 4.63. The topological polar surface area (TPSA) is 65.4 Å². The molecule has 1 N–H and O–H groups in total. The molecule has 1 aliphatic heterocycles. The van der Waals surface area contributed by atoms with E-state index in [1.807, 2.05) is 50.6 Å². The number of hydrogen-bond donors (Lipinski definition) is 1. The number of nitrogens with zero attached hydrogens (tertiary/aromatic N) is 2. The van der Waals surface area contributed by atoms with Crippen molar-refractivity contribution in [2.75, 3.05) is 7.11 Å². The van der Waals surface area contributed by atoms with Crippen LogP contribution in [-0.2, 0) is 6.54 Å². The minimum Gasteiger partial charge on any atom is -0.497 e. The molecule has 1 amide bonds. The number of fused-ring (bicyclic) bond motifs is 1. The van der Waals surface area contributed by atoms with Crippen molar-refractivity contribution in [3.8, 4) is 11.5 Å². The zero-order valence-electron chi connectivity index (χ0n) is 15.4. The third kappa shape index (κ3) is 3.34. The molecule has 0 unspecified atom stereocenters. The first kappa shape index (κ1) is 17.3. The van der Waals surface area contributed by atoms with Gasteiger partial charge in [-0.1, -0.05) is 0 Å². The van der Waals surface area contributed by atoms with Crippen molar-refractivity contribution in [2.24, 2.45) is 0 Å². The fraction of sp³-hybridized carbons (Fsp3) is 0.474. The third-order valence-electron chi connectivity index (χ3n) is 4.63. The molecule has 1 aromatic heterocycles. The van der Waals surface area contributed by atoms with Crippen molar-refractivity contribution in [1.29, 1.82) is 0 Å². The highest BCUT2D eigenvalue weighted by Crippen LogP contribution is 2.41. The lowest BCUT2D eigenvalue weighted by atomic mass is 9.89. The Labute approximate surface area is 148 Å². The molecule has 3 rings (SSSR count). The molecule has 0 radical (unpaired) electrons. The Morgan fingerprint density at radius 1 is 1.48 bits per heavy atom. The summed E-state index contributed by atoms with van der Waals surface area (Å²) >= 11 is 0. The molecular formula is C19H25N3O3. The van der Waals surface area contributed by atoms with Gasteiger partial charge in [-0.25, -0.2) is 0 Å². The van der Waals surface area contributed by atoms with Crippen LogP contribution in [-0.4, -0.2) is 28.4 Å². The molecule has 2 heterocycles. The Morgan fingerprint density at radius 3 is 2.88 bits per heavy atom. The quantitative estimate of drug-likeness (QED) is 0.925. The van der Waals surface area contributed by atoms with Gasteiger partial charge in [0.25, 0.3) is 5.91 Å². The van der Waals surface area contributed by atoms with Crippen LogP contribution in [0, 0.1) is 6.92 Å². The van der Waals surface area contributed by atoms with Gasteiger partial charge >= 0.3 is 0 Å².